The van der Waals surface area contributed by atoms with E-state index in [0.29, 0.717) is 18.8 Å². The summed E-state index contributed by atoms with van der Waals surface area (Å²) in [5, 5.41) is 13.0. The number of hydrogen-bond acceptors (Lipinski definition) is 4. The van der Waals surface area contributed by atoms with E-state index >= 15 is 0 Å². The summed E-state index contributed by atoms with van der Waals surface area (Å²) in [5.74, 6) is 2.36. The molecule has 0 saturated carbocycles. The molecule has 5 nitrogen and oxygen atoms in total. The lowest BCUT2D eigenvalue weighted by molar-refractivity contribution is -0.892. The average molecular weight is 387 g/mol. The predicted octanol–water partition coefficient (Wildman–Crippen LogP) is 1.15. The molecular formula is C21H28N3O2S+. The second kappa shape index (κ2) is 10.2. The fourth-order valence-electron chi connectivity index (χ4n) is 3.29. The molecule has 0 aromatic heterocycles. The maximum absolute atomic E-state index is 12.2. The molecule has 1 saturated heterocycles. The van der Waals surface area contributed by atoms with Crippen LogP contribution in [-0.4, -0.2) is 56.0 Å². The first-order valence-corrected chi connectivity index (χ1v) is 10.6. The Bertz CT molecular complexity index is 718. The molecule has 2 aromatic carbocycles. The number of amides is 1. The van der Waals surface area contributed by atoms with Crippen molar-refractivity contribution >= 4 is 23.4 Å². The molecule has 1 heterocycles. The van der Waals surface area contributed by atoms with Gasteiger partial charge in [-0.25, -0.2) is 0 Å². The number of phenolic OH excluding ortho intramolecular Hbond substituents is 1. The van der Waals surface area contributed by atoms with E-state index in [-0.39, 0.29) is 5.91 Å². The Morgan fingerprint density at radius 1 is 1.07 bits per heavy atom. The second-order valence-corrected chi connectivity index (χ2v) is 7.90. The first-order chi connectivity index (χ1) is 13.2. The molecule has 3 rings (SSSR count). The topological polar surface area (TPSA) is 57.0 Å². The van der Waals surface area contributed by atoms with Gasteiger partial charge >= 0.3 is 0 Å². The van der Waals surface area contributed by atoms with E-state index in [9.17, 15) is 9.90 Å². The number of piperazine rings is 1. The predicted molar refractivity (Wildman–Crippen MR) is 111 cm³/mol. The average Bonchev–Trinajstić information content (AvgIpc) is 2.70. The Kier molecular flexibility index (Phi) is 7.42. The van der Waals surface area contributed by atoms with E-state index in [2.05, 4.69) is 34.5 Å². The minimum atomic E-state index is 0.126. The Morgan fingerprint density at radius 2 is 1.78 bits per heavy atom. The van der Waals surface area contributed by atoms with E-state index in [1.807, 2.05) is 36.0 Å². The molecule has 0 spiro atoms. The zero-order valence-electron chi connectivity index (χ0n) is 15.6. The molecule has 0 radical (unpaired) electrons. The van der Waals surface area contributed by atoms with Crippen LogP contribution in [0.5, 0.6) is 5.75 Å². The van der Waals surface area contributed by atoms with Crippen LogP contribution < -0.4 is 15.1 Å². The molecule has 144 valence electrons. The number of nitrogens with one attached hydrogen (secondary N) is 2. The maximum atomic E-state index is 12.2. The molecule has 6 heteroatoms. The zero-order chi connectivity index (χ0) is 18.9. The molecule has 0 bridgehead atoms. The molecule has 0 unspecified atom stereocenters. The number of carbonyl (C=O) groups excluding carboxylic acids is 1. The lowest BCUT2D eigenvalue weighted by Gasteiger charge is -2.33. The fourth-order valence-corrected chi connectivity index (χ4v) is 4.11. The third-order valence-electron chi connectivity index (χ3n) is 4.78. The molecule has 27 heavy (non-hydrogen) atoms. The number of phenols is 1. The van der Waals surface area contributed by atoms with Gasteiger partial charge in [0.1, 0.15) is 5.75 Å². The van der Waals surface area contributed by atoms with Crippen molar-refractivity contribution in [3.63, 3.8) is 0 Å². The molecule has 1 amide bonds. The summed E-state index contributed by atoms with van der Waals surface area (Å²) >= 11 is 1.84. The van der Waals surface area contributed by atoms with Gasteiger partial charge in [0.2, 0.25) is 0 Å². The number of carbonyl (C=O) groups is 1. The third-order valence-corrected chi connectivity index (χ3v) is 5.81. The molecule has 2 aromatic rings. The van der Waals surface area contributed by atoms with Gasteiger partial charge in [0, 0.05) is 18.1 Å². The van der Waals surface area contributed by atoms with Gasteiger partial charge in [0.25, 0.3) is 5.91 Å². The SMILES string of the molecule is O=C(C[NH+]1CCN(c2ccccc2O)CC1)NCCSCc1ccccc1. The summed E-state index contributed by atoms with van der Waals surface area (Å²) in [6.07, 6.45) is 0. The number of quaternary nitrogens is 1. The lowest BCUT2D eigenvalue weighted by Crippen LogP contribution is -3.16. The number of para-hydroxylation sites is 2. The van der Waals surface area contributed by atoms with Crippen molar-refractivity contribution in [2.24, 2.45) is 0 Å². The minimum Gasteiger partial charge on any atom is -0.506 e. The van der Waals surface area contributed by atoms with Crippen molar-refractivity contribution in [2.75, 3.05) is 49.9 Å². The summed E-state index contributed by atoms with van der Waals surface area (Å²) in [5.41, 5.74) is 2.21. The smallest absolute Gasteiger partial charge is 0.275 e. The van der Waals surface area contributed by atoms with Crippen molar-refractivity contribution in [3.05, 3.63) is 60.2 Å². The minimum absolute atomic E-state index is 0.126. The second-order valence-electron chi connectivity index (χ2n) is 6.79. The highest BCUT2D eigenvalue weighted by Gasteiger charge is 2.23. The van der Waals surface area contributed by atoms with E-state index in [0.717, 1.165) is 43.4 Å². The number of aromatic hydroxyl groups is 1. The summed E-state index contributed by atoms with van der Waals surface area (Å²) in [4.78, 5) is 15.6. The standard InChI is InChI=1S/C21H27N3O2S/c25-20-9-5-4-8-19(20)24-13-11-23(12-14-24)16-21(26)22-10-15-27-17-18-6-2-1-3-7-18/h1-9,25H,10-17H2,(H,22,26)/p+1. The Labute approximate surface area is 165 Å². The Balaban J connectivity index is 1.30. The monoisotopic (exact) mass is 386 g/mol. The first-order valence-electron chi connectivity index (χ1n) is 9.47. The van der Waals surface area contributed by atoms with Crippen molar-refractivity contribution in [3.8, 4) is 5.75 Å². The van der Waals surface area contributed by atoms with Crippen LogP contribution in [-0.2, 0) is 10.5 Å². The lowest BCUT2D eigenvalue weighted by atomic mass is 10.2. The Hall–Kier alpha value is -2.18. The van der Waals surface area contributed by atoms with Crippen LogP contribution in [0.2, 0.25) is 0 Å². The summed E-state index contributed by atoms with van der Waals surface area (Å²) in [7, 11) is 0. The molecule has 0 aliphatic carbocycles. The first kappa shape index (κ1) is 19.6. The number of benzene rings is 2. The number of rotatable bonds is 8. The van der Waals surface area contributed by atoms with Gasteiger partial charge in [-0.05, 0) is 17.7 Å². The van der Waals surface area contributed by atoms with Gasteiger partial charge < -0.3 is 20.2 Å². The Morgan fingerprint density at radius 3 is 2.52 bits per heavy atom. The summed E-state index contributed by atoms with van der Waals surface area (Å²) in [6.45, 7) is 4.76. The van der Waals surface area contributed by atoms with Crippen LogP contribution >= 0.6 is 11.8 Å². The zero-order valence-corrected chi connectivity index (χ0v) is 16.4. The molecule has 0 atom stereocenters. The van der Waals surface area contributed by atoms with Crippen molar-refractivity contribution in [1.29, 1.82) is 0 Å². The maximum Gasteiger partial charge on any atom is 0.275 e. The highest BCUT2D eigenvalue weighted by Crippen LogP contribution is 2.25. The van der Waals surface area contributed by atoms with E-state index in [1.165, 1.54) is 10.5 Å². The molecule has 1 fully saturated rings. The largest absolute Gasteiger partial charge is 0.506 e. The normalized spacial score (nSPS) is 14.9. The third kappa shape index (κ3) is 6.19. The van der Waals surface area contributed by atoms with Gasteiger partial charge in [0.15, 0.2) is 6.54 Å². The summed E-state index contributed by atoms with van der Waals surface area (Å²) < 4.78 is 0. The quantitative estimate of drug-likeness (QED) is 0.596. The summed E-state index contributed by atoms with van der Waals surface area (Å²) in [6, 6.07) is 17.8. The highest BCUT2D eigenvalue weighted by molar-refractivity contribution is 7.98. The van der Waals surface area contributed by atoms with Crippen LogP contribution in [0.15, 0.2) is 54.6 Å². The molecular weight excluding hydrogens is 358 g/mol. The van der Waals surface area contributed by atoms with E-state index in [1.54, 1.807) is 6.07 Å². The van der Waals surface area contributed by atoms with Crippen LogP contribution in [0.25, 0.3) is 0 Å². The fraction of sp³-hybridized carbons (Fsp3) is 0.381. The van der Waals surface area contributed by atoms with Crippen molar-refractivity contribution in [2.45, 2.75) is 5.75 Å². The highest BCUT2D eigenvalue weighted by atomic mass is 32.2. The van der Waals surface area contributed by atoms with Crippen LogP contribution in [0.1, 0.15) is 5.56 Å². The van der Waals surface area contributed by atoms with Crippen molar-refractivity contribution < 1.29 is 14.8 Å². The van der Waals surface area contributed by atoms with Crippen LogP contribution in [0.3, 0.4) is 0 Å². The molecule has 1 aliphatic rings. The molecule has 3 N–H and O–H groups in total. The number of nitrogens with zero attached hydrogens (tertiary/aromatic N) is 1. The van der Waals surface area contributed by atoms with Crippen LogP contribution in [0, 0.1) is 0 Å². The van der Waals surface area contributed by atoms with Gasteiger partial charge in [-0.15, -0.1) is 0 Å². The number of anilines is 1. The van der Waals surface area contributed by atoms with Crippen LogP contribution in [0.4, 0.5) is 5.69 Å². The van der Waals surface area contributed by atoms with Crippen molar-refractivity contribution in [1.82, 2.24) is 5.32 Å². The number of thioether (sulfide) groups is 1. The molecule has 1 aliphatic heterocycles. The van der Waals surface area contributed by atoms with Gasteiger partial charge in [-0.1, -0.05) is 42.5 Å². The van der Waals surface area contributed by atoms with E-state index < -0.39 is 0 Å². The van der Waals surface area contributed by atoms with Gasteiger partial charge in [0.05, 0.1) is 31.9 Å². The van der Waals surface area contributed by atoms with Gasteiger partial charge in [-0.2, -0.15) is 11.8 Å². The number of hydrogen-bond donors (Lipinski definition) is 3. The van der Waals surface area contributed by atoms with Gasteiger partial charge in [-0.3, -0.25) is 4.79 Å². The van der Waals surface area contributed by atoms with E-state index in [4.69, 9.17) is 0 Å².